The van der Waals surface area contributed by atoms with Crippen LogP contribution in [0.1, 0.15) is 23.7 Å². The summed E-state index contributed by atoms with van der Waals surface area (Å²) in [6.07, 6.45) is -1.93. The van der Waals surface area contributed by atoms with Crippen LogP contribution in [0.25, 0.3) is 0 Å². The molecule has 1 aromatic rings. The van der Waals surface area contributed by atoms with Gasteiger partial charge in [-0.2, -0.15) is 0 Å². The highest BCUT2D eigenvalue weighted by Crippen LogP contribution is 2.33. The summed E-state index contributed by atoms with van der Waals surface area (Å²) in [6, 6.07) is 3.02. The maximum Gasteiger partial charge on any atom is 0.124 e. The highest BCUT2D eigenvalue weighted by molar-refractivity contribution is 6.30. The Morgan fingerprint density at radius 1 is 1.38 bits per heavy atom. The van der Waals surface area contributed by atoms with Gasteiger partial charge in [0.25, 0.3) is 0 Å². The number of hydrogen-bond donors (Lipinski definition) is 4. The minimum atomic E-state index is -1.18. The van der Waals surface area contributed by atoms with Crippen LogP contribution in [0.3, 0.4) is 0 Å². The Kier molecular flexibility index (Phi) is 4.56. The molecule has 2 atom stereocenters. The summed E-state index contributed by atoms with van der Waals surface area (Å²) in [7, 11) is 0. The lowest BCUT2D eigenvalue weighted by atomic mass is 9.99. The number of halogens is 1. The van der Waals surface area contributed by atoms with Crippen LogP contribution in [0.2, 0.25) is 5.02 Å². The van der Waals surface area contributed by atoms with E-state index in [1.807, 2.05) is 0 Å². The number of aryl methyl sites for hydroxylation is 1. The van der Waals surface area contributed by atoms with Crippen molar-refractivity contribution in [3.05, 3.63) is 28.3 Å². The molecule has 0 aromatic heterocycles. The van der Waals surface area contributed by atoms with Gasteiger partial charge in [0.2, 0.25) is 0 Å². The van der Waals surface area contributed by atoms with Crippen LogP contribution in [-0.2, 0) is 0 Å². The number of aliphatic hydroxyl groups excluding tert-OH is 2. The Bertz CT molecular complexity index is 370. The van der Waals surface area contributed by atoms with Crippen molar-refractivity contribution in [2.75, 3.05) is 6.54 Å². The summed E-state index contributed by atoms with van der Waals surface area (Å²) >= 11 is 5.82. The molecule has 2 unspecified atom stereocenters. The second-order valence-electron chi connectivity index (χ2n) is 3.75. The van der Waals surface area contributed by atoms with Crippen LogP contribution in [0.4, 0.5) is 0 Å². The van der Waals surface area contributed by atoms with E-state index in [1.54, 1.807) is 13.0 Å². The first-order valence-corrected chi connectivity index (χ1v) is 5.40. The summed E-state index contributed by atoms with van der Waals surface area (Å²) < 4.78 is 0. The molecule has 0 aliphatic rings. The monoisotopic (exact) mass is 245 g/mol. The predicted molar refractivity (Wildman–Crippen MR) is 62.5 cm³/mol. The lowest BCUT2D eigenvalue weighted by molar-refractivity contribution is 0.0137. The molecule has 4 nitrogen and oxygen atoms in total. The molecule has 1 aromatic carbocycles. The minimum Gasteiger partial charge on any atom is -0.507 e. The van der Waals surface area contributed by atoms with Gasteiger partial charge in [-0.15, -0.1) is 0 Å². The average molecular weight is 246 g/mol. The van der Waals surface area contributed by atoms with Gasteiger partial charge in [0, 0.05) is 10.6 Å². The molecule has 90 valence electrons. The van der Waals surface area contributed by atoms with Crippen LogP contribution in [0.15, 0.2) is 12.1 Å². The Morgan fingerprint density at radius 3 is 2.56 bits per heavy atom. The van der Waals surface area contributed by atoms with Crippen molar-refractivity contribution in [2.45, 2.75) is 25.6 Å². The molecular weight excluding hydrogens is 230 g/mol. The average Bonchev–Trinajstić information content (AvgIpc) is 2.22. The largest absolute Gasteiger partial charge is 0.507 e. The van der Waals surface area contributed by atoms with Crippen LogP contribution in [0.5, 0.6) is 5.75 Å². The minimum absolute atomic E-state index is 0.0482. The van der Waals surface area contributed by atoms with E-state index in [0.717, 1.165) is 0 Å². The van der Waals surface area contributed by atoms with Crippen molar-refractivity contribution in [1.29, 1.82) is 0 Å². The van der Waals surface area contributed by atoms with Gasteiger partial charge >= 0.3 is 0 Å². The van der Waals surface area contributed by atoms with Crippen molar-refractivity contribution in [1.82, 2.24) is 0 Å². The smallest absolute Gasteiger partial charge is 0.124 e. The SMILES string of the molecule is Cc1cc(Cl)cc(C(O)C(O)CCN)c1O. The second-order valence-corrected chi connectivity index (χ2v) is 4.19. The molecule has 0 heterocycles. The van der Waals surface area contributed by atoms with Gasteiger partial charge < -0.3 is 21.1 Å². The van der Waals surface area contributed by atoms with Gasteiger partial charge in [0.1, 0.15) is 11.9 Å². The molecule has 0 aliphatic carbocycles. The number of rotatable bonds is 4. The number of nitrogens with two attached hydrogens (primary N) is 1. The lowest BCUT2D eigenvalue weighted by Gasteiger charge is -2.19. The summed E-state index contributed by atoms with van der Waals surface area (Å²) in [4.78, 5) is 0. The Balaban J connectivity index is 3.03. The fraction of sp³-hybridized carbons (Fsp3) is 0.455. The van der Waals surface area contributed by atoms with Crippen molar-refractivity contribution < 1.29 is 15.3 Å². The third kappa shape index (κ3) is 2.86. The third-order valence-corrected chi connectivity index (χ3v) is 2.66. The molecule has 5 heteroatoms. The van der Waals surface area contributed by atoms with Crippen LogP contribution in [0, 0.1) is 6.92 Å². The van der Waals surface area contributed by atoms with Gasteiger partial charge in [0.05, 0.1) is 6.10 Å². The second kappa shape index (κ2) is 5.50. The molecule has 0 bridgehead atoms. The van der Waals surface area contributed by atoms with E-state index in [0.29, 0.717) is 10.6 Å². The highest BCUT2D eigenvalue weighted by Gasteiger charge is 2.22. The van der Waals surface area contributed by atoms with Crippen LogP contribution < -0.4 is 5.73 Å². The van der Waals surface area contributed by atoms with Crippen molar-refractivity contribution in [3.8, 4) is 5.75 Å². The fourth-order valence-electron chi connectivity index (χ4n) is 1.52. The molecule has 0 amide bonds. The van der Waals surface area contributed by atoms with E-state index in [-0.39, 0.29) is 24.3 Å². The number of aromatic hydroxyl groups is 1. The van der Waals surface area contributed by atoms with Gasteiger partial charge in [0.15, 0.2) is 0 Å². The summed E-state index contributed by atoms with van der Waals surface area (Å²) in [5, 5.41) is 29.6. The highest BCUT2D eigenvalue weighted by atomic mass is 35.5. The fourth-order valence-corrected chi connectivity index (χ4v) is 1.80. The van der Waals surface area contributed by atoms with E-state index in [1.165, 1.54) is 6.07 Å². The van der Waals surface area contributed by atoms with Gasteiger partial charge in [-0.1, -0.05) is 11.6 Å². The molecule has 1 rings (SSSR count). The Hall–Kier alpha value is -0.810. The first-order chi connectivity index (χ1) is 7.47. The molecule has 0 radical (unpaired) electrons. The number of phenols is 1. The van der Waals surface area contributed by atoms with Gasteiger partial charge in [-0.3, -0.25) is 0 Å². The number of hydrogen-bond acceptors (Lipinski definition) is 4. The maximum absolute atomic E-state index is 9.83. The number of aliphatic hydroxyl groups is 2. The zero-order valence-electron chi connectivity index (χ0n) is 9.02. The van der Waals surface area contributed by atoms with Gasteiger partial charge in [-0.05, 0) is 37.6 Å². The molecule has 16 heavy (non-hydrogen) atoms. The molecule has 0 saturated carbocycles. The van der Waals surface area contributed by atoms with E-state index < -0.39 is 12.2 Å². The lowest BCUT2D eigenvalue weighted by Crippen LogP contribution is -2.22. The Labute approximate surface area is 99.3 Å². The van der Waals surface area contributed by atoms with Gasteiger partial charge in [-0.25, -0.2) is 0 Å². The summed E-state index contributed by atoms with van der Waals surface area (Å²) in [5.74, 6) is -0.0482. The first-order valence-electron chi connectivity index (χ1n) is 5.02. The molecule has 0 spiro atoms. The van der Waals surface area contributed by atoms with E-state index in [9.17, 15) is 15.3 Å². The van der Waals surface area contributed by atoms with Crippen LogP contribution >= 0.6 is 11.6 Å². The number of benzene rings is 1. The maximum atomic E-state index is 9.83. The standard InChI is InChI=1S/C11H16ClNO3/c1-6-4-7(12)5-8(10(6)15)11(16)9(14)2-3-13/h4-5,9,11,14-16H,2-3,13H2,1H3. The third-order valence-electron chi connectivity index (χ3n) is 2.44. The zero-order chi connectivity index (χ0) is 12.3. The Morgan fingerprint density at radius 2 is 2.00 bits per heavy atom. The van der Waals surface area contributed by atoms with Crippen molar-refractivity contribution >= 4 is 11.6 Å². The molecule has 0 aliphatic heterocycles. The van der Waals surface area contributed by atoms with Crippen molar-refractivity contribution in [3.63, 3.8) is 0 Å². The predicted octanol–water partition coefficient (Wildman–Crippen LogP) is 1.10. The topological polar surface area (TPSA) is 86.7 Å². The first kappa shape index (κ1) is 13.3. The number of phenolic OH excluding ortho intramolecular Hbond substituents is 1. The van der Waals surface area contributed by atoms with Crippen molar-refractivity contribution in [2.24, 2.45) is 5.73 Å². The molecular formula is C11H16ClNO3. The van der Waals surface area contributed by atoms with E-state index >= 15 is 0 Å². The molecule has 0 saturated heterocycles. The summed E-state index contributed by atoms with van der Waals surface area (Å²) in [5.41, 5.74) is 6.07. The van der Waals surface area contributed by atoms with E-state index in [4.69, 9.17) is 17.3 Å². The van der Waals surface area contributed by atoms with E-state index in [2.05, 4.69) is 0 Å². The normalized spacial score (nSPS) is 14.8. The molecule has 5 N–H and O–H groups in total. The quantitative estimate of drug-likeness (QED) is 0.640. The van der Waals surface area contributed by atoms with Crippen LogP contribution in [-0.4, -0.2) is 28.0 Å². The zero-order valence-corrected chi connectivity index (χ0v) is 9.78. The summed E-state index contributed by atoms with van der Waals surface area (Å²) in [6.45, 7) is 1.94. The molecule has 0 fully saturated rings.